The standard InChI is InChI=1S/C10H8ClFO2/c1-5(13)9-3-6-2-7(11)4-8(12)10(6)14-9/h2-5,13H,1H3. The van der Waals surface area contributed by atoms with Crippen molar-refractivity contribution in [3.05, 3.63) is 34.8 Å². The predicted octanol–water partition coefficient (Wildman–Crippen LogP) is 3.28. The lowest BCUT2D eigenvalue weighted by Gasteiger charge is -1.95. The van der Waals surface area contributed by atoms with Gasteiger partial charge in [0.15, 0.2) is 11.4 Å². The second-order valence-electron chi connectivity index (χ2n) is 3.13. The van der Waals surface area contributed by atoms with Crippen LogP contribution in [0.2, 0.25) is 5.02 Å². The van der Waals surface area contributed by atoms with Gasteiger partial charge in [0.25, 0.3) is 0 Å². The van der Waals surface area contributed by atoms with Gasteiger partial charge in [-0.05, 0) is 25.1 Å². The van der Waals surface area contributed by atoms with Gasteiger partial charge in [-0.15, -0.1) is 0 Å². The molecule has 0 spiro atoms. The zero-order chi connectivity index (χ0) is 10.3. The van der Waals surface area contributed by atoms with Crippen molar-refractivity contribution in [1.29, 1.82) is 0 Å². The fraction of sp³-hybridized carbons (Fsp3) is 0.200. The summed E-state index contributed by atoms with van der Waals surface area (Å²) in [6, 6.07) is 4.35. The van der Waals surface area contributed by atoms with E-state index in [1.54, 1.807) is 19.1 Å². The van der Waals surface area contributed by atoms with Crippen LogP contribution >= 0.6 is 11.6 Å². The van der Waals surface area contributed by atoms with E-state index >= 15 is 0 Å². The Morgan fingerprint density at radius 3 is 2.79 bits per heavy atom. The van der Waals surface area contributed by atoms with Crippen LogP contribution in [0.1, 0.15) is 18.8 Å². The summed E-state index contributed by atoms with van der Waals surface area (Å²) in [7, 11) is 0. The molecule has 1 atom stereocenters. The number of hydrogen-bond donors (Lipinski definition) is 1. The molecular formula is C10H8ClFO2. The number of halogens is 2. The largest absolute Gasteiger partial charge is 0.455 e. The van der Waals surface area contributed by atoms with Crippen LogP contribution in [-0.4, -0.2) is 5.11 Å². The third-order valence-electron chi connectivity index (χ3n) is 1.97. The minimum atomic E-state index is -0.749. The molecule has 2 rings (SSSR count). The van der Waals surface area contributed by atoms with Crippen LogP contribution in [0.5, 0.6) is 0 Å². The van der Waals surface area contributed by atoms with Gasteiger partial charge in [-0.2, -0.15) is 0 Å². The molecule has 0 aliphatic rings. The van der Waals surface area contributed by atoms with Crippen molar-refractivity contribution in [1.82, 2.24) is 0 Å². The molecular weight excluding hydrogens is 207 g/mol. The first-order chi connectivity index (χ1) is 6.58. The molecule has 0 saturated heterocycles. The monoisotopic (exact) mass is 214 g/mol. The normalized spacial score (nSPS) is 13.4. The van der Waals surface area contributed by atoms with E-state index < -0.39 is 11.9 Å². The molecule has 0 fully saturated rings. The van der Waals surface area contributed by atoms with Crippen molar-refractivity contribution in [2.75, 3.05) is 0 Å². The van der Waals surface area contributed by atoms with E-state index in [0.29, 0.717) is 16.2 Å². The van der Waals surface area contributed by atoms with Crippen LogP contribution < -0.4 is 0 Å². The second kappa shape index (κ2) is 3.26. The summed E-state index contributed by atoms with van der Waals surface area (Å²) >= 11 is 5.67. The number of fused-ring (bicyclic) bond motifs is 1. The van der Waals surface area contributed by atoms with Crippen LogP contribution in [0.15, 0.2) is 22.6 Å². The molecule has 0 aliphatic carbocycles. The number of aliphatic hydroxyl groups is 1. The second-order valence-corrected chi connectivity index (χ2v) is 3.57. The summed E-state index contributed by atoms with van der Waals surface area (Å²) in [4.78, 5) is 0. The maximum Gasteiger partial charge on any atom is 0.170 e. The van der Waals surface area contributed by atoms with Crippen LogP contribution in [0.3, 0.4) is 0 Å². The lowest BCUT2D eigenvalue weighted by atomic mass is 10.2. The van der Waals surface area contributed by atoms with E-state index in [9.17, 15) is 9.50 Å². The Kier molecular flexibility index (Phi) is 2.21. The highest BCUT2D eigenvalue weighted by Gasteiger charge is 2.12. The highest BCUT2D eigenvalue weighted by molar-refractivity contribution is 6.31. The molecule has 2 aromatic rings. The topological polar surface area (TPSA) is 33.4 Å². The first kappa shape index (κ1) is 9.49. The average Bonchev–Trinajstić information content (AvgIpc) is 2.47. The van der Waals surface area contributed by atoms with Gasteiger partial charge in [0.1, 0.15) is 11.9 Å². The fourth-order valence-electron chi connectivity index (χ4n) is 1.30. The van der Waals surface area contributed by atoms with Gasteiger partial charge in [-0.25, -0.2) is 4.39 Å². The third-order valence-corrected chi connectivity index (χ3v) is 2.18. The minimum Gasteiger partial charge on any atom is -0.455 e. The van der Waals surface area contributed by atoms with Gasteiger partial charge in [-0.1, -0.05) is 11.6 Å². The number of rotatable bonds is 1. The summed E-state index contributed by atoms with van der Waals surface area (Å²) < 4.78 is 18.4. The van der Waals surface area contributed by atoms with Crippen molar-refractivity contribution in [2.24, 2.45) is 0 Å². The molecule has 0 amide bonds. The first-order valence-electron chi connectivity index (χ1n) is 4.14. The molecule has 1 heterocycles. The Morgan fingerprint density at radius 1 is 1.43 bits per heavy atom. The molecule has 1 N–H and O–H groups in total. The Labute approximate surface area is 84.9 Å². The summed E-state index contributed by atoms with van der Waals surface area (Å²) in [6.07, 6.45) is -0.749. The SMILES string of the molecule is CC(O)c1cc2cc(Cl)cc(F)c2o1. The van der Waals surface area contributed by atoms with Crippen molar-refractivity contribution in [2.45, 2.75) is 13.0 Å². The Balaban J connectivity index is 2.70. The lowest BCUT2D eigenvalue weighted by Crippen LogP contribution is -1.85. The summed E-state index contributed by atoms with van der Waals surface area (Å²) in [6.45, 7) is 1.55. The van der Waals surface area contributed by atoms with Crippen molar-refractivity contribution >= 4 is 22.6 Å². The molecule has 1 aromatic heterocycles. The number of benzene rings is 1. The zero-order valence-corrected chi connectivity index (χ0v) is 8.18. The molecule has 0 bridgehead atoms. The van der Waals surface area contributed by atoms with Gasteiger partial charge in [0, 0.05) is 10.4 Å². The molecule has 14 heavy (non-hydrogen) atoms. The van der Waals surface area contributed by atoms with Crippen molar-refractivity contribution in [3.8, 4) is 0 Å². The van der Waals surface area contributed by atoms with E-state index in [4.69, 9.17) is 16.0 Å². The van der Waals surface area contributed by atoms with Gasteiger partial charge < -0.3 is 9.52 Å². The summed E-state index contributed by atoms with van der Waals surface area (Å²) in [5, 5.41) is 10.1. The van der Waals surface area contributed by atoms with Crippen molar-refractivity contribution in [3.63, 3.8) is 0 Å². The molecule has 74 valence electrons. The van der Waals surface area contributed by atoms with Gasteiger partial charge in [0.2, 0.25) is 0 Å². The van der Waals surface area contributed by atoms with Gasteiger partial charge >= 0.3 is 0 Å². The van der Waals surface area contributed by atoms with Gasteiger partial charge in [0.05, 0.1) is 0 Å². The molecule has 0 saturated carbocycles. The van der Waals surface area contributed by atoms with E-state index in [0.717, 1.165) is 0 Å². The summed E-state index contributed by atoms with van der Waals surface area (Å²) in [5.74, 6) is -0.180. The quantitative estimate of drug-likeness (QED) is 0.790. The zero-order valence-electron chi connectivity index (χ0n) is 7.42. The van der Waals surface area contributed by atoms with E-state index in [-0.39, 0.29) is 5.58 Å². The van der Waals surface area contributed by atoms with Crippen molar-refractivity contribution < 1.29 is 13.9 Å². The molecule has 0 radical (unpaired) electrons. The molecule has 1 unspecified atom stereocenters. The minimum absolute atomic E-state index is 0.130. The maximum atomic E-state index is 13.3. The number of hydrogen-bond acceptors (Lipinski definition) is 2. The summed E-state index contributed by atoms with van der Waals surface area (Å²) in [5.41, 5.74) is 0.130. The van der Waals surface area contributed by atoms with Crippen LogP contribution in [-0.2, 0) is 0 Å². The average molecular weight is 215 g/mol. The maximum absolute atomic E-state index is 13.3. The van der Waals surface area contributed by atoms with E-state index in [1.807, 2.05) is 0 Å². The van der Waals surface area contributed by atoms with Crippen LogP contribution in [0, 0.1) is 5.82 Å². The molecule has 0 aliphatic heterocycles. The van der Waals surface area contributed by atoms with Gasteiger partial charge in [-0.3, -0.25) is 0 Å². The molecule has 2 nitrogen and oxygen atoms in total. The number of furan rings is 1. The van der Waals surface area contributed by atoms with Crippen LogP contribution in [0.25, 0.3) is 11.0 Å². The van der Waals surface area contributed by atoms with E-state index in [1.165, 1.54) is 6.07 Å². The van der Waals surface area contributed by atoms with E-state index in [2.05, 4.69) is 0 Å². The molecule has 4 heteroatoms. The third kappa shape index (κ3) is 1.49. The Hall–Kier alpha value is -1.06. The first-order valence-corrected chi connectivity index (χ1v) is 4.52. The fourth-order valence-corrected chi connectivity index (χ4v) is 1.51. The molecule has 1 aromatic carbocycles. The Bertz CT molecular complexity index is 476. The highest BCUT2D eigenvalue weighted by Crippen LogP contribution is 2.28. The smallest absolute Gasteiger partial charge is 0.170 e. The predicted molar refractivity (Wildman–Crippen MR) is 51.8 cm³/mol. The number of aliphatic hydroxyl groups excluding tert-OH is 1. The highest BCUT2D eigenvalue weighted by atomic mass is 35.5. The Morgan fingerprint density at radius 2 is 2.14 bits per heavy atom. The van der Waals surface area contributed by atoms with Crippen LogP contribution in [0.4, 0.5) is 4.39 Å². The lowest BCUT2D eigenvalue weighted by molar-refractivity contribution is 0.172.